The van der Waals surface area contributed by atoms with Crippen LogP contribution in [-0.4, -0.2) is 17.1 Å². The Bertz CT molecular complexity index is 841. The molecule has 0 N–H and O–H groups in total. The molecule has 0 aliphatic rings. The highest BCUT2D eigenvalue weighted by Gasteiger charge is 2.15. The number of benzene rings is 2. The first kappa shape index (κ1) is 13.5. The highest BCUT2D eigenvalue weighted by Crippen LogP contribution is 2.19. The molecule has 1 heterocycles. The lowest BCUT2D eigenvalue weighted by Gasteiger charge is -2.06. The lowest BCUT2D eigenvalue weighted by molar-refractivity contribution is 0.102. The van der Waals surface area contributed by atoms with Crippen LogP contribution in [0.4, 0.5) is 0 Å². The number of ketones is 1. The summed E-state index contributed by atoms with van der Waals surface area (Å²) in [6, 6.07) is 16.0. The summed E-state index contributed by atoms with van der Waals surface area (Å²) in [5, 5.41) is 0.831. The third-order valence-corrected chi connectivity index (χ3v) is 3.54. The van der Waals surface area contributed by atoms with Crippen LogP contribution in [0.15, 0.2) is 59.5 Å². The molecule has 2 aromatic carbocycles. The number of pyridine rings is 1. The van der Waals surface area contributed by atoms with Crippen LogP contribution in [0.5, 0.6) is 0 Å². The van der Waals surface area contributed by atoms with Crippen molar-refractivity contribution >= 4 is 35.6 Å². The van der Waals surface area contributed by atoms with E-state index in [9.17, 15) is 9.59 Å². The van der Waals surface area contributed by atoms with Gasteiger partial charge in [-0.25, -0.2) is 4.98 Å². The Morgan fingerprint density at radius 2 is 1.76 bits per heavy atom. The van der Waals surface area contributed by atoms with Crippen molar-refractivity contribution in [1.82, 2.24) is 4.98 Å². The number of nitrogens with zero attached hydrogens (tertiary/aromatic N) is 1. The minimum absolute atomic E-state index is 0.161. The molecule has 0 saturated heterocycles. The van der Waals surface area contributed by atoms with Crippen molar-refractivity contribution in [2.24, 2.45) is 0 Å². The Balaban J connectivity index is 2.16. The monoisotopic (exact) mass is 293 g/mol. The van der Waals surface area contributed by atoms with Gasteiger partial charge in [0.15, 0.2) is 12.1 Å². The molecular formula is C17H11NO2S. The van der Waals surface area contributed by atoms with E-state index in [2.05, 4.69) is 17.6 Å². The number of hydrogen-bond acceptors (Lipinski definition) is 4. The molecule has 1 aromatic heterocycles. The standard InChI is InChI=1S/C17H11NO2S/c19-10-16-14(9-12-3-1-2-4-15(12)18-16)17(20)11-5-7-13(21)8-6-11/h1-10,21H. The second-order valence-electron chi connectivity index (χ2n) is 4.61. The fraction of sp³-hybridized carbons (Fsp3) is 0. The second kappa shape index (κ2) is 5.50. The minimum atomic E-state index is -0.219. The van der Waals surface area contributed by atoms with Crippen molar-refractivity contribution in [3.63, 3.8) is 0 Å². The van der Waals surface area contributed by atoms with Gasteiger partial charge in [0.2, 0.25) is 0 Å². The van der Waals surface area contributed by atoms with Crippen LogP contribution in [-0.2, 0) is 0 Å². The summed E-state index contributed by atoms with van der Waals surface area (Å²) in [5.41, 5.74) is 1.68. The van der Waals surface area contributed by atoms with Gasteiger partial charge in [-0.2, -0.15) is 0 Å². The van der Waals surface area contributed by atoms with Crippen LogP contribution in [0.3, 0.4) is 0 Å². The van der Waals surface area contributed by atoms with Gasteiger partial charge in [-0.1, -0.05) is 18.2 Å². The van der Waals surface area contributed by atoms with E-state index < -0.39 is 0 Å². The number of rotatable bonds is 3. The Kier molecular flexibility index (Phi) is 3.54. The van der Waals surface area contributed by atoms with Crippen LogP contribution in [0.2, 0.25) is 0 Å². The van der Waals surface area contributed by atoms with Crippen molar-refractivity contribution in [2.45, 2.75) is 4.90 Å². The summed E-state index contributed by atoms with van der Waals surface area (Å²) in [6.45, 7) is 0. The van der Waals surface area contributed by atoms with Gasteiger partial charge in [0.1, 0.15) is 5.69 Å². The molecule has 3 nitrogen and oxygen atoms in total. The smallest absolute Gasteiger partial charge is 0.195 e. The molecule has 0 saturated carbocycles. The summed E-state index contributed by atoms with van der Waals surface area (Å²) >= 11 is 4.19. The molecule has 0 fully saturated rings. The van der Waals surface area contributed by atoms with Gasteiger partial charge >= 0.3 is 0 Å². The second-order valence-corrected chi connectivity index (χ2v) is 5.12. The van der Waals surface area contributed by atoms with E-state index in [1.807, 2.05) is 24.3 Å². The van der Waals surface area contributed by atoms with Gasteiger partial charge in [-0.15, -0.1) is 12.6 Å². The predicted octanol–water partition coefficient (Wildman–Crippen LogP) is 3.57. The zero-order chi connectivity index (χ0) is 14.8. The van der Waals surface area contributed by atoms with Crippen molar-refractivity contribution < 1.29 is 9.59 Å². The number of thiol groups is 1. The molecule has 4 heteroatoms. The number of aldehydes is 1. The fourth-order valence-electron chi connectivity index (χ4n) is 2.17. The van der Waals surface area contributed by atoms with Crippen LogP contribution >= 0.6 is 12.6 Å². The van der Waals surface area contributed by atoms with Crippen molar-refractivity contribution in [1.29, 1.82) is 0 Å². The summed E-state index contributed by atoms with van der Waals surface area (Å²) in [4.78, 5) is 28.8. The first-order valence-electron chi connectivity index (χ1n) is 6.38. The van der Waals surface area contributed by atoms with Crippen molar-refractivity contribution in [3.8, 4) is 0 Å². The first-order chi connectivity index (χ1) is 10.2. The van der Waals surface area contributed by atoms with Gasteiger partial charge in [-0.3, -0.25) is 9.59 Å². The zero-order valence-electron chi connectivity index (χ0n) is 11.0. The lowest BCUT2D eigenvalue weighted by atomic mass is 10.0. The van der Waals surface area contributed by atoms with E-state index in [4.69, 9.17) is 0 Å². The highest BCUT2D eigenvalue weighted by molar-refractivity contribution is 7.80. The quantitative estimate of drug-likeness (QED) is 0.456. The predicted molar refractivity (Wildman–Crippen MR) is 84.3 cm³/mol. The molecular weight excluding hydrogens is 282 g/mol. The SMILES string of the molecule is O=Cc1nc2ccccc2cc1C(=O)c1ccc(S)cc1. The topological polar surface area (TPSA) is 47.0 Å². The maximum atomic E-state index is 12.6. The lowest BCUT2D eigenvalue weighted by Crippen LogP contribution is -2.07. The number of para-hydroxylation sites is 1. The number of fused-ring (bicyclic) bond motifs is 1. The van der Waals surface area contributed by atoms with E-state index in [1.165, 1.54) is 0 Å². The Hall–Kier alpha value is -2.46. The summed E-state index contributed by atoms with van der Waals surface area (Å²) in [5.74, 6) is -0.219. The van der Waals surface area contributed by atoms with Crippen LogP contribution in [0.25, 0.3) is 10.9 Å². The maximum Gasteiger partial charge on any atom is 0.195 e. The summed E-state index contributed by atoms with van der Waals surface area (Å²) in [6.07, 6.45) is 0.618. The Morgan fingerprint density at radius 1 is 1.05 bits per heavy atom. The fourth-order valence-corrected chi connectivity index (χ4v) is 2.32. The summed E-state index contributed by atoms with van der Waals surface area (Å²) in [7, 11) is 0. The molecule has 0 amide bonds. The molecule has 0 unspecified atom stereocenters. The van der Waals surface area contributed by atoms with E-state index in [-0.39, 0.29) is 11.5 Å². The van der Waals surface area contributed by atoms with Gasteiger partial charge in [-0.05, 0) is 36.4 Å². The Morgan fingerprint density at radius 3 is 2.48 bits per heavy atom. The third-order valence-electron chi connectivity index (χ3n) is 3.24. The molecule has 0 aliphatic heterocycles. The highest BCUT2D eigenvalue weighted by atomic mass is 32.1. The van der Waals surface area contributed by atoms with Crippen LogP contribution < -0.4 is 0 Å². The van der Waals surface area contributed by atoms with E-state index >= 15 is 0 Å². The van der Waals surface area contributed by atoms with Crippen molar-refractivity contribution in [3.05, 3.63) is 71.4 Å². The number of carbonyl (C=O) groups is 2. The number of hydrogen-bond donors (Lipinski definition) is 1. The van der Waals surface area contributed by atoms with E-state index in [1.54, 1.807) is 30.3 Å². The normalized spacial score (nSPS) is 10.5. The third kappa shape index (κ3) is 2.58. The molecule has 102 valence electrons. The Labute approximate surface area is 127 Å². The van der Waals surface area contributed by atoms with Crippen LogP contribution in [0.1, 0.15) is 26.4 Å². The first-order valence-corrected chi connectivity index (χ1v) is 6.82. The molecule has 0 atom stereocenters. The average molecular weight is 293 g/mol. The molecule has 3 rings (SSSR count). The largest absolute Gasteiger partial charge is 0.296 e. The van der Waals surface area contributed by atoms with Crippen LogP contribution in [0, 0.1) is 0 Å². The number of aromatic nitrogens is 1. The molecule has 0 radical (unpaired) electrons. The number of carbonyl (C=O) groups excluding carboxylic acids is 2. The molecule has 3 aromatic rings. The molecule has 0 bridgehead atoms. The molecule has 0 aliphatic carbocycles. The average Bonchev–Trinajstić information content (AvgIpc) is 2.53. The minimum Gasteiger partial charge on any atom is -0.296 e. The van der Waals surface area contributed by atoms with Crippen molar-refractivity contribution in [2.75, 3.05) is 0 Å². The zero-order valence-corrected chi connectivity index (χ0v) is 11.9. The molecule has 21 heavy (non-hydrogen) atoms. The van der Waals surface area contributed by atoms with E-state index in [0.29, 0.717) is 22.9 Å². The van der Waals surface area contributed by atoms with Gasteiger partial charge in [0, 0.05) is 15.8 Å². The maximum absolute atomic E-state index is 12.6. The van der Waals surface area contributed by atoms with Gasteiger partial charge < -0.3 is 0 Å². The van der Waals surface area contributed by atoms with Gasteiger partial charge in [0.25, 0.3) is 0 Å². The van der Waals surface area contributed by atoms with Gasteiger partial charge in [0.05, 0.1) is 11.1 Å². The molecule has 0 spiro atoms. The van der Waals surface area contributed by atoms with E-state index in [0.717, 1.165) is 10.3 Å². The summed E-state index contributed by atoms with van der Waals surface area (Å²) < 4.78 is 0.